The van der Waals surface area contributed by atoms with Crippen molar-refractivity contribution in [3.63, 3.8) is 0 Å². The van der Waals surface area contributed by atoms with Crippen molar-refractivity contribution in [2.75, 3.05) is 28.8 Å². The van der Waals surface area contributed by atoms with Crippen LogP contribution in [0.4, 0.5) is 17.1 Å². The maximum absolute atomic E-state index is 12.8. The van der Waals surface area contributed by atoms with Gasteiger partial charge in [-0.15, -0.1) is 0 Å². The number of anilines is 3. The number of carbonyl (C=O) groups excluding carboxylic acids is 3. The summed E-state index contributed by atoms with van der Waals surface area (Å²) in [6.07, 6.45) is 0.0908. The third-order valence-electron chi connectivity index (χ3n) is 5.41. The van der Waals surface area contributed by atoms with Crippen LogP contribution in [0.5, 0.6) is 5.75 Å². The summed E-state index contributed by atoms with van der Waals surface area (Å²) in [7, 11) is 0. The molecule has 4 rings (SSSR count). The van der Waals surface area contributed by atoms with Crippen LogP contribution in [-0.2, 0) is 14.4 Å². The lowest BCUT2D eigenvalue weighted by atomic mass is 10.1. The average molecular weight is 548 g/mol. The van der Waals surface area contributed by atoms with Gasteiger partial charge in [-0.05, 0) is 42.5 Å². The van der Waals surface area contributed by atoms with Crippen LogP contribution in [0.1, 0.15) is 6.42 Å². The summed E-state index contributed by atoms with van der Waals surface area (Å²) in [6.45, 7) is -0.0717. The molecule has 186 valence electrons. The molecule has 3 N–H and O–H groups in total. The molecule has 0 saturated carbocycles. The summed E-state index contributed by atoms with van der Waals surface area (Å²) in [4.78, 5) is 39.1. The van der Waals surface area contributed by atoms with E-state index in [9.17, 15) is 14.4 Å². The number of hydrogen-bond donors (Lipinski definition) is 3. The van der Waals surface area contributed by atoms with Gasteiger partial charge in [0.25, 0.3) is 5.91 Å². The minimum atomic E-state index is -0.540. The zero-order chi connectivity index (χ0) is 25.7. The second kappa shape index (κ2) is 11.5. The van der Waals surface area contributed by atoms with E-state index in [-0.39, 0.29) is 42.2 Å². The van der Waals surface area contributed by atoms with E-state index >= 15 is 0 Å². The highest BCUT2D eigenvalue weighted by molar-refractivity contribution is 6.44. The maximum atomic E-state index is 12.8. The zero-order valence-corrected chi connectivity index (χ0v) is 21.0. The van der Waals surface area contributed by atoms with Crippen LogP contribution in [0.3, 0.4) is 0 Å². The van der Waals surface area contributed by atoms with E-state index < -0.39 is 11.8 Å². The van der Waals surface area contributed by atoms with Crippen molar-refractivity contribution >= 4 is 69.6 Å². The van der Waals surface area contributed by atoms with E-state index in [0.717, 1.165) is 5.69 Å². The molecule has 1 aliphatic rings. The summed E-state index contributed by atoms with van der Waals surface area (Å²) >= 11 is 18.2. The molecule has 1 saturated heterocycles. The van der Waals surface area contributed by atoms with E-state index in [4.69, 9.17) is 39.5 Å². The van der Waals surface area contributed by atoms with Crippen LogP contribution in [0.2, 0.25) is 15.1 Å². The molecule has 11 heteroatoms. The molecule has 1 atom stereocenters. The third kappa shape index (κ3) is 6.20. The van der Waals surface area contributed by atoms with Crippen LogP contribution in [0.25, 0.3) is 0 Å². The number of rotatable bonds is 8. The molecule has 1 fully saturated rings. The number of benzene rings is 3. The van der Waals surface area contributed by atoms with Gasteiger partial charge in [0, 0.05) is 23.7 Å². The summed E-state index contributed by atoms with van der Waals surface area (Å²) in [5, 5.41) is 3.55. The van der Waals surface area contributed by atoms with E-state index in [1.54, 1.807) is 41.3 Å². The van der Waals surface area contributed by atoms with Gasteiger partial charge in [-0.3, -0.25) is 25.2 Å². The maximum Gasteiger partial charge on any atom is 0.262 e. The van der Waals surface area contributed by atoms with E-state index in [2.05, 4.69) is 16.2 Å². The molecule has 0 aliphatic carbocycles. The normalized spacial score (nSPS) is 14.9. The van der Waals surface area contributed by atoms with Crippen molar-refractivity contribution in [3.05, 3.63) is 81.8 Å². The van der Waals surface area contributed by atoms with E-state index in [0.29, 0.717) is 21.4 Å². The number of nitrogens with one attached hydrogen (secondary N) is 3. The molecular weight excluding hydrogens is 527 g/mol. The van der Waals surface area contributed by atoms with Crippen LogP contribution in [0, 0.1) is 5.92 Å². The molecule has 3 aromatic carbocycles. The fraction of sp³-hybridized carbons (Fsp3) is 0.160. The number of hydrogen-bond acceptors (Lipinski definition) is 5. The van der Waals surface area contributed by atoms with Crippen molar-refractivity contribution in [3.8, 4) is 5.75 Å². The summed E-state index contributed by atoms with van der Waals surface area (Å²) < 4.78 is 5.62. The van der Waals surface area contributed by atoms with Gasteiger partial charge < -0.3 is 15.0 Å². The first-order chi connectivity index (χ1) is 17.3. The number of amides is 3. The average Bonchev–Trinajstić information content (AvgIpc) is 3.27. The number of carbonyl (C=O) groups is 3. The first-order valence-corrected chi connectivity index (χ1v) is 12.0. The van der Waals surface area contributed by atoms with Gasteiger partial charge in [0.15, 0.2) is 6.61 Å². The molecule has 1 aliphatic heterocycles. The molecule has 1 heterocycles. The van der Waals surface area contributed by atoms with Crippen molar-refractivity contribution in [1.82, 2.24) is 5.43 Å². The van der Waals surface area contributed by atoms with Crippen molar-refractivity contribution in [1.29, 1.82) is 0 Å². The number of hydrazine groups is 1. The Bertz CT molecular complexity index is 1290. The number of halogens is 3. The SMILES string of the molecule is O=C(COc1ccc(Cl)cc1NNC(=O)[C@@H]1CC(=O)N(c2ccccc2)C1)Nc1cccc(Cl)c1Cl. The lowest BCUT2D eigenvalue weighted by Crippen LogP contribution is -2.36. The molecule has 0 aromatic heterocycles. The van der Waals surface area contributed by atoms with Crippen LogP contribution in [-0.4, -0.2) is 30.9 Å². The number of para-hydroxylation sites is 1. The second-order valence-electron chi connectivity index (χ2n) is 7.93. The molecule has 3 amide bonds. The summed E-state index contributed by atoms with van der Waals surface area (Å²) in [6, 6.07) is 18.7. The minimum absolute atomic E-state index is 0.0908. The van der Waals surface area contributed by atoms with Crippen LogP contribution in [0.15, 0.2) is 66.7 Å². The molecule has 0 bridgehead atoms. The van der Waals surface area contributed by atoms with Crippen molar-refractivity contribution in [2.24, 2.45) is 5.92 Å². The van der Waals surface area contributed by atoms with Gasteiger partial charge in [0.1, 0.15) is 5.75 Å². The Morgan fingerprint density at radius 1 is 0.972 bits per heavy atom. The fourth-order valence-corrected chi connectivity index (χ4v) is 4.15. The fourth-order valence-electron chi connectivity index (χ4n) is 3.63. The smallest absolute Gasteiger partial charge is 0.262 e. The van der Waals surface area contributed by atoms with Crippen LogP contribution < -0.4 is 25.8 Å². The largest absolute Gasteiger partial charge is 0.482 e. The Balaban J connectivity index is 1.35. The van der Waals surface area contributed by atoms with E-state index in [1.807, 2.05) is 30.3 Å². The Kier molecular flexibility index (Phi) is 8.20. The van der Waals surface area contributed by atoms with Crippen molar-refractivity contribution in [2.45, 2.75) is 6.42 Å². The molecule has 0 unspecified atom stereocenters. The van der Waals surface area contributed by atoms with Gasteiger partial charge in [0.2, 0.25) is 11.8 Å². The zero-order valence-electron chi connectivity index (χ0n) is 18.8. The standard InChI is InChI=1S/C25H21Cl3N4O4/c26-16-9-10-21(36-14-22(33)29-19-8-4-7-18(27)24(19)28)20(12-16)30-31-25(35)15-11-23(34)32(13-15)17-5-2-1-3-6-17/h1-10,12,15,30H,11,13-14H2,(H,29,33)(H,31,35)/t15-/m1/s1. The highest BCUT2D eigenvalue weighted by Gasteiger charge is 2.35. The van der Waals surface area contributed by atoms with Gasteiger partial charge in [-0.2, -0.15) is 0 Å². The Labute approximate surface area is 222 Å². The first kappa shape index (κ1) is 25.6. The second-order valence-corrected chi connectivity index (χ2v) is 9.16. The minimum Gasteiger partial charge on any atom is -0.482 e. The lowest BCUT2D eigenvalue weighted by molar-refractivity contribution is -0.125. The van der Waals surface area contributed by atoms with Gasteiger partial charge in [-0.1, -0.05) is 59.1 Å². The topological polar surface area (TPSA) is 99.8 Å². The molecule has 36 heavy (non-hydrogen) atoms. The monoisotopic (exact) mass is 546 g/mol. The molecule has 8 nitrogen and oxygen atoms in total. The number of ether oxygens (including phenoxy) is 1. The number of nitrogens with zero attached hydrogens (tertiary/aromatic N) is 1. The highest BCUT2D eigenvalue weighted by Crippen LogP contribution is 2.31. The predicted octanol–water partition coefficient (Wildman–Crippen LogP) is 5.16. The first-order valence-electron chi connectivity index (χ1n) is 10.9. The third-order valence-corrected chi connectivity index (χ3v) is 6.46. The highest BCUT2D eigenvalue weighted by atomic mass is 35.5. The van der Waals surface area contributed by atoms with Gasteiger partial charge >= 0.3 is 0 Å². The Morgan fingerprint density at radius 2 is 1.75 bits per heavy atom. The molecule has 3 aromatic rings. The molecule has 0 radical (unpaired) electrons. The molecular formula is C25H21Cl3N4O4. The van der Waals surface area contributed by atoms with Crippen LogP contribution >= 0.6 is 34.8 Å². The van der Waals surface area contributed by atoms with E-state index in [1.165, 1.54) is 0 Å². The molecule has 0 spiro atoms. The Hall–Kier alpha value is -3.46. The van der Waals surface area contributed by atoms with Gasteiger partial charge in [-0.25, -0.2) is 0 Å². The lowest BCUT2D eigenvalue weighted by Gasteiger charge is -2.18. The van der Waals surface area contributed by atoms with Crippen molar-refractivity contribution < 1.29 is 19.1 Å². The summed E-state index contributed by atoms with van der Waals surface area (Å²) in [5.74, 6) is -1.21. The summed E-state index contributed by atoms with van der Waals surface area (Å²) in [5.41, 5.74) is 6.83. The predicted molar refractivity (Wildman–Crippen MR) is 141 cm³/mol. The van der Waals surface area contributed by atoms with Gasteiger partial charge in [0.05, 0.1) is 27.3 Å². The Morgan fingerprint density at radius 3 is 2.53 bits per heavy atom. The quantitative estimate of drug-likeness (QED) is 0.338.